The summed E-state index contributed by atoms with van der Waals surface area (Å²) in [6.45, 7) is 6.00. The van der Waals surface area contributed by atoms with Crippen molar-refractivity contribution in [3.63, 3.8) is 0 Å². The topological polar surface area (TPSA) is 92.5 Å². The molecule has 21 heavy (non-hydrogen) atoms. The Hall–Kier alpha value is -1.41. The van der Waals surface area contributed by atoms with Gasteiger partial charge in [0, 0.05) is 13.1 Å². The predicted octanol–water partition coefficient (Wildman–Crippen LogP) is 1.01. The number of piperidine rings is 1. The standard InChI is InChI=1S/C13H21N3O4S/c1-9-4-6-15(7-5-9)21(19,20)13-10(2)14-16(11(13)3)8-12(17)18/h9H,4-8H2,1-3H3,(H,17,18). The van der Waals surface area contributed by atoms with Crippen LogP contribution in [0.2, 0.25) is 0 Å². The Balaban J connectivity index is 2.36. The van der Waals surface area contributed by atoms with Gasteiger partial charge in [-0.1, -0.05) is 6.92 Å². The van der Waals surface area contributed by atoms with Crippen LogP contribution in [0.5, 0.6) is 0 Å². The lowest BCUT2D eigenvalue weighted by atomic mass is 10.0. The van der Waals surface area contributed by atoms with Crippen LogP contribution >= 0.6 is 0 Å². The Labute approximate surface area is 124 Å². The molecule has 0 unspecified atom stereocenters. The molecule has 2 heterocycles. The minimum absolute atomic E-state index is 0.151. The van der Waals surface area contributed by atoms with E-state index in [4.69, 9.17) is 5.11 Å². The molecular weight excluding hydrogens is 294 g/mol. The van der Waals surface area contributed by atoms with Crippen molar-refractivity contribution < 1.29 is 18.3 Å². The molecule has 0 aliphatic carbocycles. The third-order valence-corrected chi connectivity index (χ3v) is 6.09. The summed E-state index contributed by atoms with van der Waals surface area (Å²) in [5.74, 6) is -0.510. The maximum Gasteiger partial charge on any atom is 0.325 e. The highest BCUT2D eigenvalue weighted by molar-refractivity contribution is 7.89. The SMILES string of the molecule is Cc1nn(CC(=O)O)c(C)c1S(=O)(=O)N1CCC(C)CC1. The molecule has 1 N–H and O–H groups in total. The highest BCUT2D eigenvalue weighted by Crippen LogP contribution is 2.27. The van der Waals surface area contributed by atoms with Gasteiger partial charge < -0.3 is 5.11 Å². The molecular formula is C13H21N3O4S. The fourth-order valence-corrected chi connectivity index (χ4v) is 4.53. The first-order valence-electron chi connectivity index (χ1n) is 6.99. The van der Waals surface area contributed by atoms with E-state index in [1.54, 1.807) is 13.8 Å². The fourth-order valence-electron chi connectivity index (χ4n) is 2.69. The van der Waals surface area contributed by atoms with Crippen molar-refractivity contribution in [3.05, 3.63) is 11.4 Å². The molecule has 7 nitrogen and oxygen atoms in total. The summed E-state index contributed by atoms with van der Waals surface area (Å²) in [5.41, 5.74) is 0.737. The summed E-state index contributed by atoms with van der Waals surface area (Å²) >= 11 is 0. The molecule has 0 spiro atoms. The number of sulfonamides is 1. The van der Waals surface area contributed by atoms with Gasteiger partial charge in [-0.05, 0) is 32.6 Å². The molecule has 0 amide bonds. The molecule has 0 bridgehead atoms. The van der Waals surface area contributed by atoms with Gasteiger partial charge in [0.2, 0.25) is 10.0 Å². The summed E-state index contributed by atoms with van der Waals surface area (Å²) < 4.78 is 28.2. The highest BCUT2D eigenvalue weighted by Gasteiger charge is 2.33. The van der Waals surface area contributed by atoms with Gasteiger partial charge in [-0.2, -0.15) is 9.40 Å². The lowest BCUT2D eigenvalue weighted by Gasteiger charge is -2.29. The molecule has 118 valence electrons. The van der Waals surface area contributed by atoms with Gasteiger partial charge in [0.1, 0.15) is 11.4 Å². The average molecular weight is 315 g/mol. The third kappa shape index (κ3) is 3.11. The molecule has 1 aromatic heterocycles. The van der Waals surface area contributed by atoms with Crippen LogP contribution < -0.4 is 0 Å². The number of hydrogen-bond acceptors (Lipinski definition) is 4. The second-order valence-electron chi connectivity index (χ2n) is 5.64. The molecule has 8 heteroatoms. The maximum atomic E-state index is 12.8. The van der Waals surface area contributed by atoms with Gasteiger partial charge in [-0.25, -0.2) is 8.42 Å². The normalized spacial score (nSPS) is 18.0. The van der Waals surface area contributed by atoms with Crippen LogP contribution in [0.4, 0.5) is 0 Å². The summed E-state index contributed by atoms with van der Waals surface area (Å²) in [6.07, 6.45) is 1.70. The number of carboxylic acids is 1. The van der Waals surface area contributed by atoms with Crippen molar-refractivity contribution >= 4 is 16.0 Å². The van der Waals surface area contributed by atoms with E-state index in [-0.39, 0.29) is 11.4 Å². The van der Waals surface area contributed by atoms with E-state index in [2.05, 4.69) is 12.0 Å². The molecule has 1 saturated heterocycles. The number of nitrogens with zero attached hydrogens (tertiary/aromatic N) is 3. The molecule has 0 atom stereocenters. The summed E-state index contributed by atoms with van der Waals surface area (Å²) in [5, 5.41) is 12.9. The molecule has 2 rings (SSSR count). The van der Waals surface area contributed by atoms with Crippen LogP contribution in [-0.2, 0) is 21.4 Å². The number of rotatable bonds is 4. The Morgan fingerprint density at radius 3 is 2.43 bits per heavy atom. The van der Waals surface area contributed by atoms with Gasteiger partial charge in [0.15, 0.2) is 0 Å². The van der Waals surface area contributed by atoms with Crippen LogP contribution in [0.3, 0.4) is 0 Å². The van der Waals surface area contributed by atoms with Crippen LogP contribution in [-0.4, -0.2) is 46.7 Å². The van der Waals surface area contributed by atoms with Crippen molar-refractivity contribution in [2.75, 3.05) is 13.1 Å². The quantitative estimate of drug-likeness (QED) is 0.895. The van der Waals surface area contributed by atoms with Gasteiger partial charge in [0.25, 0.3) is 0 Å². The Kier molecular flexibility index (Phi) is 4.38. The number of hydrogen-bond donors (Lipinski definition) is 1. The first kappa shape index (κ1) is 16.0. The van der Waals surface area contributed by atoms with E-state index in [0.29, 0.717) is 30.4 Å². The van der Waals surface area contributed by atoms with Crippen LogP contribution in [0, 0.1) is 19.8 Å². The third-order valence-electron chi connectivity index (χ3n) is 3.94. The average Bonchev–Trinajstić information content (AvgIpc) is 2.64. The van der Waals surface area contributed by atoms with E-state index < -0.39 is 16.0 Å². The largest absolute Gasteiger partial charge is 0.480 e. The van der Waals surface area contributed by atoms with Crippen molar-refractivity contribution in [2.24, 2.45) is 5.92 Å². The van der Waals surface area contributed by atoms with Crippen molar-refractivity contribution in [1.29, 1.82) is 0 Å². The molecule has 0 radical (unpaired) electrons. The number of carboxylic acid groups (broad SMARTS) is 1. The number of aliphatic carboxylic acids is 1. The van der Waals surface area contributed by atoms with Crippen LogP contribution in [0.15, 0.2) is 4.90 Å². The minimum Gasteiger partial charge on any atom is -0.480 e. The first-order valence-corrected chi connectivity index (χ1v) is 8.43. The second-order valence-corrected chi connectivity index (χ2v) is 7.51. The number of carbonyl (C=O) groups is 1. The monoisotopic (exact) mass is 315 g/mol. The number of aromatic nitrogens is 2. The Morgan fingerprint density at radius 2 is 1.90 bits per heavy atom. The van der Waals surface area contributed by atoms with Gasteiger partial charge in [-0.15, -0.1) is 0 Å². The minimum atomic E-state index is -3.60. The second kappa shape index (κ2) is 5.76. The fraction of sp³-hybridized carbons (Fsp3) is 0.692. The number of aryl methyl sites for hydroxylation is 1. The smallest absolute Gasteiger partial charge is 0.325 e. The summed E-state index contributed by atoms with van der Waals surface area (Å²) in [6, 6.07) is 0. The van der Waals surface area contributed by atoms with E-state index in [9.17, 15) is 13.2 Å². The molecule has 1 fully saturated rings. The Morgan fingerprint density at radius 1 is 1.33 bits per heavy atom. The molecule has 1 aliphatic heterocycles. The van der Waals surface area contributed by atoms with Gasteiger partial charge >= 0.3 is 5.97 Å². The van der Waals surface area contributed by atoms with E-state index in [1.165, 1.54) is 8.99 Å². The zero-order chi connectivity index (χ0) is 15.8. The van der Waals surface area contributed by atoms with Crippen molar-refractivity contribution in [1.82, 2.24) is 14.1 Å². The van der Waals surface area contributed by atoms with Crippen LogP contribution in [0.1, 0.15) is 31.2 Å². The van der Waals surface area contributed by atoms with Gasteiger partial charge in [0.05, 0.1) is 11.4 Å². The first-order chi connectivity index (χ1) is 9.73. The van der Waals surface area contributed by atoms with E-state index in [0.717, 1.165) is 12.8 Å². The molecule has 0 saturated carbocycles. The van der Waals surface area contributed by atoms with E-state index in [1.807, 2.05) is 0 Å². The van der Waals surface area contributed by atoms with Crippen molar-refractivity contribution in [3.8, 4) is 0 Å². The molecule has 1 aliphatic rings. The zero-order valence-electron chi connectivity index (χ0n) is 12.5. The highest BCUT2D eigenvalue weighted by atomic mass is 32.2. The summed E-state index contributed by atoms with van der Waals surface area (Å²) in [4.78, 5) is 11.0. The Bertz CT molecular complexity index is 643. The molecule has 1 aromatic rings. The maximum absolute atomic E-state index is 12.8. The molecule has 0 aromatic carbocycles. The van der Waals surface area contributed by atoms with Gasteiger partial charge in [-0.3, -0.25) is 9.48 Å². The zero-order valence-corrected chi connectivity index (χ0v) is 13.4. The lowest BCUT2D eigenvalue weighted by Crippen LogP contribution is -2.38. The summed E-state index contributed by atoms with van der Waals surface area (Å²) in [7, 11) is -3.60. The van der Waals surface area contributed by atoms with E-state index >= 15 is 0 Å². The van der Waals surface area contributed by atoms with Crippen molar-refractivity contribution in [2.45, 2.75) is 45.1 Å². The predicted molar refractivity (Wildman–Crippen MR) is 76.5 cm³/mol. The lowest BCUT2D eigenvalue weighted by molar-refractivity contribution is -0.137. The van der Waals surface area contributed by atoms with Crippen LogP contribution in [0.25, 0.3) is 0 Å².